The van der Waals surface area contributed by atoms with Gasteiger partial charge in [0.15, 0.2) is 0 Å². The fraction of sp³-hybridized carbons (Fsp3) is 0.267. The maximum Gasteiger partial charge on any atom is 0.313 e. The average molecular weight is 276 g/mol. The van der Waals surface area contributed by atoms with Gasteiger partial charge in [-0.05, 0) is 12.3 Å². The number of phenols is 1. The first-order valence-electron chi connectivity index (χ1n) is 6.05. The van der Waals surface area contributed by atoms with E-state index in [9.17, 15) is 9.90 Å². The zero-order valence-electron chi connectivity index (χ0n) is 11.1. The molecule has 2 rings (SSSR count). The Kier molecular flexibility index (Phi) is 4.00. The minimum atomic E-state index is -0.275. The third kappa shape index (κ3) is 2.68. The number of esters is 1. The topological polar surface area (TPSA) is 46.5 Å². The third-order valence-corrected chi connectivity index (χ3v) is 3.60. The molecule has 0 atom stereocenters. The highest BCUT2D eigenvalue weighted by Gasteiger charge is 2.16. The molecule has 0 saturated heterocycles. The zero-order valence-corrected chi connectivity index (χ0v) is 12.0. The summed E-state index contributed by atoms with van der Waals surface area (Å²) in [6, 6.07) is 9.06. The number of aromatic hydroxyl groups is 1. The summed E-state index contributed by atoms with van der Waals surface area (Å²) in [6.45, 7) is 3.58. The van der Waals surface area contributed by atoms with Gasteiger partial charge < -0.3 is 9.84 Å². The zero-order chi connectivity index (χ0) is 14.0. The lowest BCUT2D eigenvalue weighted by Gasteiger charge is -2.13. The number of carbonyl (C=O) groups is 1. The molecule has 0 aliphatic carbocycles. The molecule has 0 aliphatic heterocycles. The molecular weight excluding hydrogens is 260 g/mol. The van der Waals surface area contributed by atoms with Gasteiger partial charge in [-0.2, -0.15) is 0 Å². The second-order valence-corrected chi connectivity index (χ2v) is 5.40. The normalized spacial score (nSPS) is 10.9. The van der Waals surface area contributed by atoms with Gasteiger partial charge >= 0.3 is 5.97 Å². The third-order valence-electron chi connectivity index (χ3n) is 2.85. The lowest BCUT2D eigenvalue weighted by molar-refractivity contribution is -0.137. The maximum absolute atomic E-state index is 11.7. The van der Waals surface area contributed by atoms with Gasteiger partial charge in [0.25, 0.3) is 0 Å². The van der Waals surface area contributed by atoms with E-state index in [1.165, 1.54) is 11.8 Å². The van der Waals surface area contributed by atoms with Crippen molar-refractivity contribution in [3.8, 4) is 11.5 Å². The van der Waals surface area contributed by atoms with Gasteiger partial charge in [-0.15, -0.1) is 11.8 Å². The molecule has 0 unspecified atom stereocenters. The van der Waals surface area contributed by atoms with Crippen LogP contribution in [0.1, 0.15) is 13.8 Å². The summed E-state index contributed by atoms with van der Waals surface area (Å²) in [4.78, 5) is 12.4. The molecule has 0 aromatic heterocycles. The second kappa shape index (κ2) is 5.53. The van der Waals surface area contributed by atoms with E-state index in [4.69, 9.17) is 4.74 Å². The van der Waals surface area contributed by atoms with E-state index in [2.05, 4.69) is 0 Å². The number of phenolic OH excluding ortho intramolecular Hbond substituents is 1. The van der Waals surface area contributed by atoms with Crippen LogP contribution in [0.3, 0.4) is 0 Å². The van der Waals surface area contributed by atoms with Crippen molar-refractivity contribution in [2.45, 2.75) is 18.7 Å². The minimum Gasteiger partial charge on any atom is -0.506 e. The lowest BCUT2D eigenvalue weighted by Crippen LogP contribution is -2.15. The van der Waals surface area contributed by atoms with E-state index in [-0.39, 0.29) is 17.6 Å². The molecular formula is C15H16O3S. The molecule has 0 amide bonds. The van der Waals surface area contributed by atoms with Gasteiger partial charge in [-0.1, -0.05) is 38.1 Å². The molecule has 19 heavy (non-hydrogen) atoms. The van der Waals surface area contributed by atoms with Crippen molar-refractivity contribution in [2.24, 2.45) is 5.92 Å². The van der Waals surface area contributed by atoms with Crippen LogP contribution in [0.5, 0.6) is 11.5 Å². The van der Waals surface area contributed by atoms with Crippen LogP contribution < -0.4 is 4.74 Å². The quantitative estimate of drug-likeness (QED) is 0.526. The largest absolute Gasteiger partial charge is 0.506 e. The highest BCUT2D eigenvalue weighted by Crippen LogP contribution is 2.40. The number of hydrogen-bond acceptors (Lipinski definition) is 4. The van der Waals surface area contributed by atoms with Crippen molar-refractivity contribution in [2.75, 3.05) is 6.26 Å². The Bertz CT molecular complexity index is 620. The van der Waals surface area contributed by atoms with Crippen molar-refractivity contribution in [3.05, 3.63) is 30.3 Å². The molecule has 0 spiro atoms. The number of ether oxygens (including phenoxy) is 1. The Morgan fingerprint density at radius 2 is 1.89 bits per heavy atom. The first-order valence-corrected chi connectivity index (χ1v) is 7.27. The fourth-order valence-electron chi connectivity index (χ4n) is 1.77. The summed E-state index contributed by atoms with van der Waals surface area (Å²) in [5.41, 5.74) is 0. The highest BCUT2D eigenvalue weighted by atomic mass is 32.2. The van der Waals surface area contributed by atoms with E-state index >= 15 is 0 Å². The summed E-state index contributed by atoms with van der Waals surface area (Å²) in [7, 11) is 0. The van der Waals surface area contributed by atoms with Gasteiger partial charge in [0, 0.05) is 10.8 Å². The van der Waals surface area contributed by atoms with E-state index in [1.807, 2.05) is 30.5 Å². The van der Waals surface area contributed by atoms with E-state index in [1.54, 1.807) is 19.9 Å². The highest BCUT2D eigenvalue weighted by molar-refractivity contribution is 7.98. The molecule has 1 N–H and O–H groups in total. The number of carbonyl (C=O) groups excluding carboxylic acids is 1. The van der Waals surface area contributed by atoms with Crippen LogP contribution in [0.15, 0.2) is 35.2 Å². The molecule has 0 saturated carbocycles. The standard InChI is InChI=1S/C15H16O3S/c1-9(2)15(17)18-12-8-13(19-3)14(16)11-7-5-4-6-10(11)12/h4-9,16H,1-3H3. The maximum atomic E-state index is 11.7. The summed E-state index contributed by atoms with van der Waals surface area (Å²) in [5, 5.41) is 11.6. The van der Waals surface area contributed by atoms with E-state index in [0.29, 0.717) is 16.0 Å². The van der Waals surface area contributed by atoms with Gasteiger partial charge in [-0.3, -0.25) is 4.79 Å². The van der Waals surface area contributed by atoms with Crippen LogP contribution in [0, 0.1) is 5.92 Å². The summed E-state index contributed by atoms with van der Waals surface area (Å²) in [5.74, 6) is 0.261. The van der Waals surface area contributed by atoms with E-state index in [0.717, 1.165) is 5.39 Å². The molecule has 3 nitrogen and oxygen atoms in total. The van der Waals surface area contributed by atoms with Gasteiger partial charge in [-0.25, -0.2) is 0 Å². The van der Waals surface area contributed by atoms with Crippen molar-refractivity contribution >= 4 is 28.5 Å². The van der Waals surface area contributed by atoms with Crippen molar-refractivity contribution < 1.29 is 14.6 Å². The number of rotatable bonds is 3. The molecule has 0 heterocycles. The van der Waals surface area contributed by atoms with Crippen molar-refractivity contribution in [1.29, 1.82) is 0 Å². The van der Waals surface area contributed by atoms with Gasteiger partial charge in [0.1, 0.15) is 11.5 Å². The van der Waals surface area contributed by atoms with Crippen LogP contribution in [-0.2, 0) is 4.79 Å². The molecule has 0 radical (unpaired) electrons. The summed E-state index contributed by atoms with van der Waals surface area (Å²) >= 11 is 1.42. The van der Waals surface area contributed by atoms with Crippen molar-refractivity contribution in [1.82, 2.24) is 0 Å². The SMILES string of the molecule is CSc1cc(OC(=O)C(C)C)c2ccccc2c1O. The van der Waals surface area contributed by atoms with Crippen LogP contribution in [0.25, 0.3) is 10.8 Å². The lowest BCUT2D eigenvalue weighted by atomic mass is 10.1. The smallest absolute Gasteiger partial charge is 0.313 e. The molecule has 2 aromatic carbocycles. The van der Waals surface area contributed by atoms with Gasteiger partial charge in [0.2, 0.25) is 0 Å². The monoisotopic (exact) mass is 276 g/mol. The number of thioether (sulfide) groups is 1. The Morgan fingerprint density at radius 3 is 2.47 bits per heavy atom. The van der Waals surface area contributed by atoms with Crippen LogP contribution in [0.4, 0.5) is 0 Å². The average Bonchev–Trinajstić information content (AvgIpc) is 2.41. The number of hydrogen-bond donors (Lipinski definition) is 1. The van der Waals surface area contributed by atoms with E-state index < -0.39 is 0 Å². The summed E-state index contributed by atoms with van der Waals surface area (Å²) < 4.78 is 5.42. The first-order chi connectivity index (χ1) is 9.04. The molecule has 0 fully saturated rings. The Labute approximate surface area is 116 Å². The van der Waals surface area contributed by atoms with Crippen LogP contribution in [-0.4, -0.2) is 17.3 Å². The predicted molar refractivity (Wildman–Crippen MR) is 77.9 cm³/mol. The predicted octanol–water partition coefficient (Wildman–Crippen LogP) is 3.83. The Balaban J connectivity index is 2.59. The molecule has 100 valence electrons. The van der Waals surface area contributed by atoms with Crippen LogP contribution >= 0.6 is 11.8 Å². The minimum absolute atomic E-state index is 0.190. The molecule has 0 bridgehead atoms. The number of benzene rings is 2. The number of fused-ring (bicyclic) bond motifs is 1. The Morgan fingerprint density at radius 1 is 1.26 bits per heavy atom. The first kappa shape index (κ1) is 13.7. The van der Waals surface area contributed by atoms with Crippen LogP contribution in [0.2, 0.25) is 0 Å². The molecule has 4 heteroatoms. The Hall–Kier alpha value is -1.68. The van der Waals surface area contributed by atoms with Gasteiger partial charge in [0.05, 0.1) is 10.8 Å². The van der Waals surface area contributed by atoms with Crippen molar-refractivity contribution in [3.63, 3.8) is 0 Å². The second-order valence-electron chi connectivity index (χ2n) is 4.55. The summed E-state index contributed by atoms with van der Waals surface area (Å²) in [6.07, 6.45) is 1.87. The molecule has 0 aliphatic rings. The molecule has 2 aromatic rings. The fourth-order valence-corrected chi connectivity index (χ4v) is 2.30.